The summed E-state index contributed by atoms with van der Waals surface area (Å²) >= 11 is 1.82. The van der Waals surface area contributed by atoms with Gasteiger partial charge in [0, 0.05) is 11.4 Å². The van der Waals surface area contributed by atoms with Gasteiger partial charge in [-0.3, -0.25) is 0 Å². The van der Waals surface area contributed by atoms with Crippen molar-refractivity contribution in [1.82, 2.24) is 5.32 Å². The number of hydrogen-bond acceptors (Lipinski definition) is 3. The highest BCUT2D eigenvalue weighted by molar-refractivity contribution is 7.10. The molecule has 2 rings (SSSR count). The fourth-order valence-electron chi connectivity index (χ4n) is 2.27. The number of rotatable bonds is 6. The lowest BCUT2D eigenvalue weighted by Crippen LogP contribution is -2.30. The zero-order valence-corrected chi connectivity index (χ0v) is 10.9. The minimum atomic E-state index is 0.361. The van der Waals surface area contributed by atoms with Crippen molar-refractivity contribution in [3.63, 3.8) is 0 Å². The SMILES string of the molecule is Cc1ccsc1C(CN)NCCC1CCC1. The molecule has 1 aromatic rings. The number of nitrogens with two attached hydrogens (primary N) is 1. The van der Waals surface area contributed by atoms with Gasteiger partial charge in [-0.1, -0.05) is 19.3 Å². The Balaban J connectivity index is 1.78. The van der Waals surface area contributed by atoms with E-state index in [0.29, 0.717) is 12.6 Å². The Morgan fingerprint density at radius 2 is 2.38 bits per heavy atom. The van der Waals surface area contributed by atoms with Crippen molar-refractivity contribution in [2.45, 2.75) is 38.6 Å². The van der Waals surface area contributed by atoms with E-state index in [9.17, 15) is 0 Å². The van der Waals surface area contributed by atoms with Crippen molar-refractivity contribution in [2.24, 2.45) is 11.7 Å². The Kier molecular flexibility index (Phi) is 4.38. The first-order valence-electron chi connectivity index (χ1n) is 6.28. The van der Waals surface area contributed by atoms with Gasteiger partial charge in [0.25, 0.3) is 0 Å². The second-order valence-corrected chi connectivity index (χ2v) is 5.74. The molecular formula is C13H22N2S. The molecule has 16 heavy (non-hydrogen) atoms. The molecule has 1 atom stereocenters. The summed E-state index contributed by atoms with van der Waals surface area (Å²) in [6, 6.07) is 2.54. The maximum Gasteiger partial charge on any atom is 0.0541 e. The Hall–Kier alpha value is -0.380. The molecule has 3 heteroatoms. The summed E-state index contributed by atoms with van der Waals surface area (Å²) in [6.07, 6.45) is 5.63. The predicted octanol–water partition coefficient (Wildman–Crippen LogP) is 2.84. The van der Waals surface area contributed by atoms with Crippen molar-refractivity contribution >= 4 is 11.3 Å². The number of thiophene rings is 1. The van der Waals surface area contributed by atoms with Gasteiger partial charge in [-0.05, 0) is 42.8 Å². The van der Waals surface area contributed by atoms with E-state index < -0.39 is 0 Å². The summed E-state index contributed by atoms with van der Waals surface area (Å²) in [5.41, 5.74) is 7.21. The van der Waals surface area contributed by atoms with Gasteiger partial charge in [0.15, 0.2) is 0 Å². The lowest BCUT2D eigenvalue weighted by Gasteiger charge is -2.26. The average molecular weight is 238 g/mol. The monoisotopic (exact) mass is 238 g/mol. The standard InChI is InChI=1S/C13H22N2S/c1-10-6-8-16-13(10)12(9-14)15-7-5-11-3-2-4-11/h6,8,11-12,15H,2-5,7,9,14H2,1H3. The van der Waals surface area contributed by atoms with Crippen LogP contribution in [0.1, 0.15) is 42.2 Å². The minimum Gasteiger partial charge on any atom is -0.329 e. The first-order valence-corrected chi connectivity index (χ1v) is 7.16. The van der Waals surface area contributed by atoms with Crippen molar-refractivity contribution in [2.75, 3.05) is 13.1 Å². The van der Waals surface area contributed by atoms with E-state index in [1.165, 1.54) is 36.1 Å². The molecule has 1 aliphatic rings. The van der Waals surface area contributed by atoms with Crippen molar-refractivity contribution in [3.8, 4) is 0 Å². The largest absolute Gasteiger partial charge is 0.329 e. The van der Waals surface area contributed by atoms with E-state index in [-0.39, 0.29) is 0 Å². The fraction of sp³-hybridized carbons (Fsp3) is 0.692. The van der Waals surface area contributed by atoms with Gasteiger partial charge in [-0.2, -0.15) is 0 Å². The smallest absolute Gasteiger partial charge is 0.0541 e. The molecule has 0 spiro atoms. The molecule has 90 valence electrons. The quantitative estimate of drug-likeness (QED) is 0.800. The highest BCUT2D eigenvalue weighted by Gasteiger charge is 2.18. The summed E-state index contributed by atoms with van der Waals surface area (Å²) in [7, 11) is 0. The molecule has 0 radical (unpaired) electrons. The maximum absolute atomic E-state index is 5.84. The normalized spacial score (nSPS) is 18.4. The van der Waals surface area contributed by atoms with Gasteiger partial charge in [-0.25, -0.2) is 0 Å². The number of aryl methyl sites for hydroxylation is 1. The van der Waals surface area contributed by atoms with Crippen LogP contribution in [0.3, 0.4) is 0 Å². The van der Waals surface area contributed by atoms with E-state index in [0.717, 1.165) is 12.5 Å². The maximum atomic E-state index is 5.84. The Labute approximate surface area is 102 Å². The van der Waals surface area contributed by atoms with Gasteiger partial charge < -0.3 is 11.1 Å². The van der Waals surface area contributed by atoms with Crippen LogP contribution in [0.25, 0.3) is 0 Å². The van der Waals surface area contributed by atoms with Crippen LogP contribution in [-0.4, -0.2) is 13.1 Å². The Bertz CT molecular complexity index is 317. The summed E-state index contributed by atoms with van der Waals surface area (Å²) < 4.78 is 0. The summed E-state index contributed by atoms with van der Waals surface area (Å²) in [4.78, 5) is 1.41. The molecule has 1 aromatic heterocycles. The van der Waals surface area contributed by atoms with Crippen molar-refractivity contribution < 1.29 is 0 Å². The zero-order valence-electron chi connectivity index (χ0n) is 10.0. The van der Waals surface area contributed by atoms with Crippen molar-refractivity contribution in [3.05, 3.63) is 21.9 Å². The van der Waals surface area contributed by atoms with E-state index in [4.69, 9.17) is 5.73 Å². The average Bonchev–Trinajstić information content (AvgIpc) is 2.62. The second kappa shape index (κ2) is 5.80. The van der Waals surface area contributed by atoms with Crippen LogP contribution < -0.4 is 11.1 Å². The van der Waals surface area contributed by atoms with E-state index >= 15 is 0 Å². The highest BCUT2D eigenvalue weighted by Crippen LogP contribution is 2.29. The van der Waals surface area contributed by atoms with Gasteiger partial charge in [-0.15, -0.1) is 11.3 Å². The van der Waals surface area contributed by atoms with E-state index in [1.807, 2.05) is 11.3 Å². The molecule has 0 saturated heterocycles. The number of nitrogens with one attached hydrogen (secondary N) is 1. The third kappa shape index (κ3) is 2.84. The van der Waals surface area contributed by atoms with E-state index in [2.05, 4.69) is 23.7 Å². The molecular weight excluding hydrogens is 216 g/mol. The molecule has 1 heterocycles. The molecule has 1 saturated carbocycles. The zero-order chi connectivity index (χ0) is 11.4. The molecule has 0 aliphatic heterocycles. The lowest BCUT2D eigenvalue weighted by molar-refractivity contribution is 0.288. The molecule has 1 unspecified atom stereocenters. The Morgan fingerprint density at radius 1 is 1.56 bits per heavy atom. The third-order valence-electron chi connectivity index (χ3n) is 3.62. The van der Waals surface area contributed by atoms with Crippen LogP contribution in [0.2, 0.25) is 0 Å². The van der Waals surface area contributed by atoms with Crippen LogP contribution in [-0.2, 0) is 0 Å². The van der Waals surface area contributed by atoms with Gasteiger partial charge in [0.2, 0.25) is 0 Å². The topological polar surface area (TPSA) is 38.0 Å². The lowest BCUT2D eigenvalue weighted by atomic mass is 9.83. The molecule has 0 aromatic carbocycles. The summed E-state index contributed by atoms with van der Waals surface area (Å²) in [5, 5.41) is 5.75. The van der Waals surface area contributed by atoms with Gasteiger partial charge in [0.05, 0.1) is 6.04 Å². The van der Waals surface area contributed by atoms with E-state index in [1.54, 1.807) is 0 Å². The molecule has 0 amide bonds. The minimum absolute atomic E-state index is 0.361. The highest BCUT2D eigenvalue weighted by atomic mass is 32.1. The molecule has 3 N–H and O–H groups in total. The van der Waals surface area contributed by atoms with Gasteiger partial charge >= 0.3 is 0 Å². The summed E-state index contributed by atoms with van der Waals surface area (Å²) in [6.45, 7) is 3.98. The second-order valence-electron chi connectivity index (χ2n) is 4.80. The van der Waals surface area contributed by atoms with Crippen LogP contribution in [0, 0.1) is 12.8 Å². The van der Waals surface area contributed by atoms with Gasteiger partial charge in [0.1, 0.15) is 0 Å². The van der Waals surface area contributed by atoms with Crippen LogP contribution in [0.4, 0.5) is 0 Å². The number of hydrogen-bond donors (Lipinski definition) is 2. The Morgan fingerprint density at radius 3 is 2.88 bits per heavy atom. The first-order chi connectivity index (χ1) is 7.81. The third-order valence-corrected chi connectivity index (χ3v) is 4.75. The summed E-state index contributed by atoms with van der Waals surface area (Å²) in [5.74, 6) is 0.982. The van der Waals surface area contributed by atoms with Crippen LogP contribution in [0.5, 0.6) is 0 Å². The fourth-order valence-corrected chi connectivity index (χ4v) is 3.28. The molecule has 0 bridgehead atoms. The van der Waals surface area contributed by atoms with Crippen LogP contribution >= 0.6 is 11.3 Å². The molecule has 1 aliphatic carbocycles. The van der Waals surface area contributed by atoms with Crippen LogP contribution in [0.15, 0.2) is 11.4 Å². The molecule has 1 fully saturated rings. The molecule has 2 nitrogen and oxygen atoms in total. The first kappa shape index (κ1) is 12.1. The van der Waals surface area contributed by atoms with Crippen molar-refractivity contribution in [1.29, 1.82) is 0 Å². The predicted molar refractivity (Wildman–Crippen MR) is 70.8 cm³/mol.